The van der Waals surface area contributed by atoms with Crippen LogP contribution in [0.25, 0.3) is 0 Å². The molecule has 0 heterocycles. The highest BCUT2D eigenvalue weighted by Gasteiger charge is 2.43. The van der Waals surface area contributed by atoms with Gasteiger partial charge in [0, 0.05) is 20.3 Å². The third-order valence-corrected chi connectivity index (χ3v) is 4.80. The normalized spacial score (nSPS) is 12.9. The van der Waals surface area contributed by atoms with Crippen molar-refractivity contribution in [3.8, 4) is 0 Å². The first-order chi connectivity index (χ1) is 7.67. The first kappa shape index (κ1) is 17.0. The fraction of sp³-hybridized carbons (Fsp3) is 0.900. The van der Waals surface area contributed by atoms with Crippen LogP contribution in [-0.2, 0) is 22.8 Å². The number of esters is 1. The molecule has 0 rings (SSSR count). The molecule has 0 N–H and O–H groups in total. The number of alkyl halides is 1. The van der Waals surface area contributed by atoms with E-state index in [0.29, 0.717) is 0 Å². The minimum absolute atomic E-state index is 0.00600. The van der Waals surface area contributed by atoms with Gasteiger partial charge in [0.1, 0.15) is 4.32 Å². The molecule has 0 aliphatic rings. The van der Waals surface area contributed by atoms with Crippen molar-refractivity contribution in [2.24, 2.45) is 0 Å². The Morgan fingerprint density at radius 2 is 1.76 bits per heavy atom. The molecule has 102 valence electrons. The first-order valence-corrected chi connectivity index (χ1v) is 8.03. The molecule has 0 unspecified atom stereocenters. The van der Waals surface area contributed by atoms with Crippen molar-refractivity contribution in [3.63, 3.8) is 0 Å². The van der Waals surface area contributed by atoms with Crippen molar-refractivity contribution >= 4 is 30.7 Å². The van der Waals surface area contributed by atoms with Gasteiger partial charge in [-0.25, -0.2) is 0 Å². The molecule has 0 amide bonds. The van der Waals surface area contributed by atoms with Gasteiger partial charge in [-0.15, -0.1) is 0 Å². The van der Waals surface area contributed by atoms with E-state index in [4.69, 9.17) is 18.0 Å². The largest absolute Gasteiger partial charge is 0.540 e. The standard InChI is InChI=1S/C10H21BrO5Si/c1-8(2)16-17(13-5,14-6)7-15-9(12)10(3,4)11/h8H,7H2,1-6H3. The molecule has 0 aromatic rings. The Labute approximate surface area is 112 Å². The van der Waals surface area contributed by atoms with Gasteiger partial charge in [-0.1, -0.05) is 15.9 Å². The maximum atomic E-state index is 11.6. The van der Waals surface area contributed by atoms with E-state index in [-0.39, 0.29) is 18.3 Å². The molecule has 0 aromatic heterocycles. The zero-order valence-electron chi connectivity index (χ0n) is 11.2. The Balaban J connectivity index is 4.51. The van der Waals surface area contributed by atoms with Gasteiger partial charge in [0.05, 0.1) is 0 Å². The third-order valence-electron chi connectivity index (χ3n) is 1.90. The lowest BCUT2D eigenvalue weighted by Crippen LogP contribution is -2.51. The summed E-state index contributed by atoms with van der Waals surface area (Å²) in [6, 6.07) is 0. The minimum Gasteiger partial charge on any atom is -0.460 e. The van der Waals surface area contributed by atoms with Gasteiger partial charge in [0.15, 0.2) is 6.23 Å². The van der Waals surface area contributed by atoms with E-state index in [0.717, 1.165) is 0 Å². The van der Waals surface area contributed by atoms with Crippen molar-refractivity contribution in [1.29, 1.82) is 0 Å². The lowest BCUT2D eigenvalue weighted by molar-refractivity contribution is -0.145. The fourth-order valence-electron chi connectivity index (χ4n) is 1.02. The molecule has 5 nitrogen and oxygen atoms in total. The van der Waals surface area contributed by atoms with Gasteiger partial charge >= 0.3 is 14.8 Å². The summed E-state index contributed by atoms with van der Waals surface area (Å²) >= 11 is 3.22. The number of halogens is 1. The number of carbonyl (C=O) groups excluding carboxylic acids is 1. The summed E-state index contributed by atoms with van der Waals surface area (Å²) in [5, 5.41) is 0. The van der Waals surface area contributed by atoms with E-state index < -0.39 is 13.1 Å². The molecular weight excluding hydrogens is 308 g/mol. The summed E-state index contributed by atoms with van der Waals surface area (Å²) in [6.07, 6.45) is -0.0521. The highest BCUT2D eigenvalue weighted by molar-refractivity contribution is 9.10. The van der Waals surface area contributed by atoms with Gasteiger partial charge in [0.2, 0.25) is 0 Å². The van der Waals surface area contributed by atoms with E-state index in [1.54, 1.807) is 13.8 Å². The summed E-state index contributed by atoms with van der Waals surface area (Å²) < 4.78 is 20.6. The minimum atomic E-state index is -2.91. The third kappa shape index (κ3) is 5.96. The summed E-state index contributed by atoms with van der Waals surface area (Å²) in [6.45, 7) is 7.16. The second-order valence-electron chi connectivity index (χ2n) is 4.31. The lowest BCUT2D eigenvalue weighted by atomic mass is 10.2. The maximum absolute atomic E-state index is 11.6. The molecule has 0 atom stereocenters. The molecule has 0 radical (unpaired) electrons. The van der Waals surface area contributed by atoms with Crippen molar-refractivity contribution in [1.82, 2.24) is 0 Å². The number of ether oxygens (including phenoxy) is 1. The van der Waals surface area contributed by atoms with Crippen molar-refractivity contribution in [2.45, 2.75) is 38.1 Å². The number of carbonyl (C=O) groups is 1. The van der Waals surface area contributed by atoms with Crippen LogP contribution in [-0.4, -0.2) is 45.7 Å². The zero-order chi connectivity index (χ0) is 13.7. The molecule has 0 bridgehead atoms. The number of hydrogen-bond donors (Lipinski definition) is 0. The molecule has 0 fully saturated rings. The van der Waals surface area contributed by atoms with Crippen LogP contribution in [0.2, 0.25) is 0 Å². The number of rotatable bonds is 7. The average molecular weight is 329 g/mol. The van der Waals surface area contributed by atoms with Crippen LogP contribution in [0.1, 0.15) is 27.7 Å². The highest BCUT2D eigenvalue weighted by atomic mass is 79.9. The molecule has 0 aliphatic carbocycles. The predicted molar refractivity (Wildman–Crippen MR) is 70.0 cm³/mol. The van der Waals surface area contributed by atoms with Gasteiger partial charge in [-0.2, -0.15) is 0 Å². The summed E-state index contributed by atoms with van der Waals surface area (Å²) in [5.74, 6) is -0.379. The molecule has 17 heavy (non-hydrogen) atoms. The smallest absolute Gasteiger partial charge is 0.460 e. The molecule has 0 spiro atoms. The summed E-state index contributed by atoms with van der Waals surface area (Å²) in [7, 11) is 0.0706. The molecule has 0 aromatic carbocycles. The molecule has 7 heteroatoms. The zero-order valence-corrected chi connectivity index (χ0v) is 13.8. The van der Waals surface area contributed by atoms with Crippen LogP contribution in [0.5, 0.6) is 0 Å². The Morgan fingerprint density at radius 3 is 2.06 bits per heavy atom. The SMILES string of the molecule is CO[Si](COC(=O)C(C)(C)Br)(OC)OC(C)C. The monoisotopic (exact) mass is 328 g/mol. The topological polar surface area (TPSA) is 54.0 Å². The Hall–Kier alpha value is 0.0469. The summed E-state index contributed by atoms with van der Waals surface area (Å²) in [5.41, 5.74) is 0. The van der Waals surface area contributed by atoms with Crippen LogP contribution in [0.15, 0.2) is 0 Å². The predicted octanol–water partition coefficient (Wildman–Crippen LogP) is 1.90. The summed E-state index contributed by atoms with van der Waals surface area (Å²) in [4.78, 5) is 11.6. The van der Waals surface area contributed by atoms with Gasteiger partial charge < -0.3 is 18.0 Å². The Morgan fingerprint density at radius 1 is 1.29 bits per heavy atom. The highest BCUT2D eigenvalue weighted by Crippen LogP contribution is 2.19. The second-order valence-corrected chi connectivity index (χ2v) is 9.00. The van der Waals surface area contributed by atoms with E-state index in [1.165, 1.54) is 14.2 Å². The van der Waals surface area contributed by atoms with Crippen molar-refractivity contribution < 1.29 is 22.8 Å². The number of hydrogen-bond acceptors (Lipinski definition) is 5. The van der Waals surface area contributed by atoms with Gasteiger partial charge in [0.25, 0.3) is 0 Å². The first-order valence-electron chi connectivity index (χ1n) is 5.31. The van der Waals surface area contributed by atoms with Crippen LogP contribution in [0, 0.1) is 0 Å². The van der Waals surface area contributed by atoms with Crippen LogP contribution < -0.4 is 0 Å². The van der Waals surface area contributed by atoms with Crippen LogP contribution in [0.3, 0.4) is 0 Å². The van der Waals surface area contributed by atoms with Crippen molar-refractivity contribution in [2.75, 3.05) is 20.4 Å². The Kier molecular flexibility index (Phi) is 6.86. The molecular formula is C10H21BrO5Si. The second kappa shape index (κ2) is 6.84. The van der Waals surface area contributed by atoms with Gasteiger partial charge in [-0.05, 0) is 27.7 Å². The molecule has 0 saturated heterocycles. The quantitative estimate of drug-likeness (QED) is 0.406. The van der Waals surface area contributed by atoms with E-state index in [2.05, 4.69) is 15.9 Å². The van der Waals surface area contributed by atoms with E-state index in [9.17, 15) is 4.79 Å². The maximum Gasteiger partial charge on any atom is 0.540 e. The van der Waals surface area contributed by atoms with Crippen LogP contribution in [0.4, 0.5) is 0 Å². The van der Waals surface area contributed by atoms with Crippen molar-refractivity contribution in [3.05, 3.63) is 0 Å². The molecule has 0 saturated carbocycles. The fourth-order valence-corrected chi connectivity index (χ4v) is 2.82. The lowest BCUT2D eigenvalue weighted by Gasteiger charge is -2.28. The Bertz CT molecular complexity index is 248. The van der Waals surface area contributed by atoms with E-state index >= 15 is 0 Å². The van der Waals surface area contributed by atoms with Crippen LogP contribution >= 0.6 is 15.9 Å². The molecule has 0 aliphatic heterocycles. The van der Waals surface area contributed by atoms with E-state index in [1.807, 2.05) is 13.8 Å². The van der Waals surface area contributed by atoms with Gasteiger partial charge in [-0.3, -0.25) is 4.79 Å². The average Bonchev–Trinajstić information content (AvgIpc) is 2.22.